The Bertz CT molecular complexity index is 470. The molecule has 0 radical (unpaired) electrons. The van der Waals surface area contributed by atoms with Crippen molar-refractivity contribution in [3.05, 3.63) is 33.8 Å². The molecular formula is C13H13Cl2NO2. The molecule has 1 fully saturated rings. The molecule has 96 valence electrons. The Labute approximate surface area is 116 Å². The molecule has 0 aliphatic heterocycles. The van der Waals surface area contributed by atoms with Crippen LogP contribution in [0.1, 0.15) is 12.0 Å². The van der Waals surface area contributed by atoms with Crippen LogP contribution in [0.15, 0.2) is 18.2 Å². The second kappa shape index (κ2) is 5.29. The van der Waals surface area contributed by atoms with Crippen molar-refractivity contribution in [2.45, 2.75) is 13.0 Å². The van der Waals surface area contributed by atoms with Gasteiger partial charge in [0.15, 0.2) is 0 Å². The van der Waals surface area contributed by atoms with Gasteiger partial charge in [0.2, 0.25) is 5.91 Å². The molecule has 2 atom stereocenters. The zero-order valence-electron chi connectivity index (χ0n) is 9.90. The normalized spacial score (nSPS) is 21.5. The standard InChI is InChI=1S/C13H13Cl2NO2/c1-16(13(18)9-5-8(9)7-17)6-10-11(14)3-2-4-12(10)15/h2-4,7-9H,5-6H2,1H3. The fraction of sp³-hybridized carbons (Fsp3) is 0.385. The van der Waals surface area contributed by atoms with E-state index in [4.69, 9.17) is 23.2 Å². The molecule has 18 heavy (non-hydrogen) atoms. The van der Waals surface area contributed by atoms with E-state index in [1.54, 1.807) is 30.1 Å². The first-order chi connectivity index (χ1) is 8.54. The fourth-order valence-electron chi connectivity index (χ4n) is 1.93. The molecule has 5 heteroatoms. The predicted octanol–water partition coefficient (Wildman–Crippen LogP) is 2.79. The first kappa shape index (κ1) is 13.4. The van der Waals surface area contributed by atoms with Gasteiger partial charge in [-0.3, -0.25) is 4.79 Å². The molecule has 1 aliphatic carbocycles. The number of benzene rings is 1. The summed E-state index contributed by atoms with van der Waals surface area (Å²) < 4.78 is 0. The Morgan fingerprint density at radius 1 is 1.44 bits per heavy atom. The highest BCUT2D eigenvalue weighted by Crippen LogP contribution is 2.38. The van der Waals surface area contributed by atoms with Gasteiger partial charge >= 0.3 is 0 Å². The number of carbonyl (C=O) groups excluding carboxylic acids is 2. The molecule has 1 aromatic rings. The minimum absolute atomic E-state index is 0.0249. The highest BCUT2D eigenvalue weighted by molar-refractivity contribution is 6.36. The molecule has 3 nitrogen and oxygen atoms in total. The topological polar surface area (TPSA) is 37.4 Å². The molecule has 0 saturated heterocycles. The first-order valence-corrected chi connectivity index (χ1v) is 6.43. The van der Waals surface area contributed by atoms with E-state index in [9.17, 15) is 9.59 Å². The number of hydrogen-bond donors (Lipinski definition) is 0. The van der Waals surface area contributed by atoms with Crippen LogP contribution in [0.5, 0.6) is 0 Å². The number of aldehydes is 1. The average molecular weight is 286 g/mol. The third kappa shape index (κ3) is 2.68. The van der Waals surface area contributed by atoms with E-state index < -0.39 is 0 Å². The van der Waals surface area contributed by atoms with Crippen LogP contribution in [0.25, 0.3) is 0 Å². The van der Waals surface area contributed by atoms with E-state index in [1.165, 1.54) is 0 Å². The molecule has 0 aromatic heterocycles. The second-order valence-corrected chi connectivity index (χ2v) is 5.35. The summed E-state index contributed by atoms with van der Waals surface area (Å²) in [5.74, 6) is -0.293. The summed E-state index contributed by atoms with van der Waals surface area (Å²) in [4.78, 5) is 24.1. The Morgan fingerprint density at radius 2 is 2.06 bits per heavy atom. The van der Waals surface area contributed by atoms with Gasteiger partial charge in [-0.15, -0.1) is 0 Å². The van der Waals surface area contributed by atoms with Gasteiger partial charge in [0.1, 0.15) is 6.29 Å². The summed E-state index contributed by atoms with van der Waals surface area (Å²) >= 11 is 12.1. The number of carbonyl (C=O) groups is 2. The van der Waals surface area contributed by atoms with Crippen molar-refractivity contribution < 1.29 is 9.59 Å². The largest absolute Gasteiger partial charge is 0.341 e. The summed E-state index contributed by atoms with van der Waals surface area (Å²) in [5.41, 5.74) is 0.736. The number of hydrogen-bond acceptors (Lipinski definition) is 2. The van der Waals surface area contributed by atoms with Gasteiger partial charge in [0, 0.05) is 41.0 Å². The highest BCUT2D eigenvalue weighted by atomic mass is 35.5. The lowest BCUT2D eigenvalue weighted by atomic mass is 10.2. The number of nitrogens with zero attached hydrogens (tertiary/aromatic N) is 1. The lowest BCUT2D eigenvalue weighted by Crippen LogP contribution is -2.28. The molecule has 0 bridgehead atoms. The molecule has 2 rings (SSSR count). The maximum atomic E-state index is 12.0. The molecule has 0 spiro atoms. The fourth-order valence-corrected chi connectivity index (χ4v) is 2.45. The van der Waals surface area contributed by atoms with Crippen molar-refractivity contribution in [1.82, 2.24) is 4.90 Å². The van der Waals surface area contributed by atoms with Crippen LogP contribution in [0.4, 0.5) is 0 Å². The van der Waals surface area contributed by atoms with E-state index in [0.717, 1.165) is 11.8 Å². The maximum Gasteiger partial charge on any atom is 0.226 e. The summed E-state index contributed by atoms with van der Waals surface area (Å²) in [5, 5.41) is 1.09. The highest BCUT2D eigenvalue weighted by Gasteiger charge is 2.44. The van der Waals surface area contributed by atoms with Crippen LogP contribution < -0.4 is 0 Å². The van der Waals surface area contributed by atoms with Crippen LogP contribution in [0.3, 0.4) is 0 Å². The average Bonchev–Trinajstić information content (AvgIpc) is 3.12. The van der Waals surface area contributed by atoms with E-state index >= 15 is 0 Å². The van der Waals surface area contributed by atoms with Crippen LogP contribution in [0.2, 0.25) is 10.0 Å². The molecule has 0 N–H and O–H groups in total. The molecule has 0 heterocycles. The summed E-state index contributed by atoms with van der Waals surface area (Å²) in [7, 11) is 1.70. The SMILES string of the molecule is CN(Cc1c(Cl)cccc1Cl)C(=O)C1CC1C=O. The molecule has 1 amide bonds. The van der Waals surface area contributed by atoms with Gasteiger partial charge < -0.3 is 9.69 Å². The van der Waals surface area contributed by atoms with Crippen molar-refractivity contribution in [2.75, 3.05) is 7.05 Å². The first-order valence-electron chi connectivity index (χ1n) is 5.67. The number of rotatable bonds is 4. The molecule has 1 aromatic carbocycles. The van der Waals surface area contributed by atoms with E-state index in [2.05, 4.69) is 0 Å². The Balaban J connectivity index is 2.05. The minimum atomic E-state index is -0.159. The summed E-state index contributed by atoms with van der Waals surface area (Å²) in [6.45, 7) is 0.361. The summed E-state index contributed by atoms with van der Waals surface area (Å²) in [6.07, 6.45) is 1.50. The molecule has 2 unspecified atom stereocenters. The lowest BCUT2D eigenvalue weighted by molar-refractivity contribution is -0.132. The zero-order chi connectivity index (χ0) is 13.3. The van der Waals surface area contributed by atoms with Gasteiger partial charge in [-0.1, -0.05) is 29.3 Å². The monoisotopic (exact) mass is 285 g/mol. The van der Waals surface area contributed by atoms with Gasteiger partial charge in [0.25, 0.3) is 0 Å². The van der Waals surface area contributed by atoms with Crippen molar-refractivity contribution in [3.63, 3.8) is 0 Å². The van der Waals surface area contributed by atoms with Crippen molar-refractivity contribution in [1.29, 1.82) is 0 Å². The van der Waals surface area contributed by atoms with Crippen LogP contribution >= 0.6 is 23.2 Å². The maximum absolute atomic E-state index is 12.0. The summed E-state index contributed by atoms with van der Waals surface area (Å²) in [6, 6.07) is 5.25. The third-order valence-corrected chi connectivity index (χ3v) is 3.87. The quantitative estimate of drug-likeness (QED) is 0.798. The number of halogens is 2. The minimum Gasteiger partial charge on any atom is -0.341 e. The van der Waals surface area contributed by atoms with Crippen molar-refractivity contribution in [3.8, 4) is 0 Å². The van der Waals surface area contributed by atoms with Crippen LogP contribution in [0, 0.1) is 11.8 Å². The van der Waals surface area contributed by atoms with Crippen LogP contribution in [-0.4, -0.2) is 24.1 Å². The van der Waals surface area contributed by atoms with Crippen molar-refractivity contribution >= 4 is 35.4 Å². The Morgan fingerprint density at radius 3 is 2.56 bits per heavy atom. The molecule has 1 saturated carbocycles. The zero-order valence-corrected chi connectivity index (χ0v) is 11.4. The van der Waals surface area contributed by atoms with E-state index in [0.29, 0.717) is 23.0 Å². The van der Waals surface area contributed by atoms with E-state index in [-0.39, 0.29) is 17.7 Å². The van der Waals surface area contributed by atoms with Crippen LogP contribution in [-0.2, 0) is 16.1 Å². The van der Waals surface area contributed by atoms with Gasteiger partial charge in [-0.25, -0.2) is 0 Å². The number of amides is 1. The lowest BCUT2D eigenvalue weighted by Gasteiger charge is -2.18. The third-order valence-electron chi connectivity index (χ3n) is 3.16. The second-order valence-electron chi connectivity index (χ2n) is 4.54. The molecule has 1 aliphatic rings. The Kier molecular flexibility index (Phi) is 3.93. The predicted molar refractivity (Wildman–Crippen MR) is 70.6 cm³/mol. The Hall–Kier alpha value is -1.06. The van der Waals surface area contributed by atoms with Gasteiger partial charge in [-0.05, 0) is 18.6 Å². The van der Waals surface area contributed by atoms with Gasteiger partial charge in [-0.2, -0.15) is 0 Å². The van der Waals surface area contributed by atoms with Crippen molar-refractivity contribution in [2.24, 2.45) is 11.8 Å². The smallest absolute Gasteiger partial charge is 0.226 e. The molecular weight excluding hydrogens is 273 g/mol. The van der Waals surface area contributed by atoms with E-state index in [1.807, 2.05) is 0 Å². The van der Waals surface area contributed by atoms with Gasteiger partial charge in [0.05, 0.1) is 0 Å².